The number of phenolic OH excluding ortho intramolecular Hbond substituents is 1. The van der Waals surface area contributed by atoms with Crippen LogP contribution >= 0.6 is 15.9 Å². The summed E-state index contributed by atoms with van der Waals surface area (Å²) < 4.78 is 4.95. The molecule has 86 valence electrons. The van der Waals surface area contributed by atoms with Crippen LogP contribution in [0.5, 0.6) is 11.5 Å². The van der Waals surface area contributed by atoms with Crippen LogP contribution in [-0.4, -0.2) is 29.5 Å². The summed E-state index contributed by atoms with van der Waals surface area (Å²) in [5.41, 5.74) is 0.699. The van der Waals surface area contributed by atoms with Crippen LogP contribution in [0.25, 0.3) is 0 Å². The highest BCUT2D eigenvalue weighted by molar-refractivity contribution is 9.09. The number of alkyl halides is 1. The van der Waals surface area contributed by atoms with Crippen molar-refractivity contribution >= 4 is 27.5 Å². The zero-order chi connectivity index (χ0) is 11.7. The molecule has 2 rings (SSSR count). The Hall–Kier alpha value is -1.23. The Balaban J connectivity index is 2.28. The summed E-state index contributed by atoms with van der Waals surface area (Å²) in [6.07, 6.45) is 0.493. The molecular formula is C11H12BrNO3. The first kappa shape index (κ1) is 11.3. The fourth-order valence-electron chi connectivity index (χ4n) is 1.76. The van der Waals surface area contributed by atoms with Gasteiger partial charge in [0.15, 0.2) is 11.5 Å². The van der Waals surface area contributed by atoms with Crippen LogP contribution < -0.4 is 9.64 Å². The molecule has 4 nitrogen and oxygen atoms in total. The van der Waals surface area contributed by atoms with E-state index < -0.39 is 0 Å². The monoisotopic (exact) mass is 285 g/mol. The van der Waals surface area contributed by atoms with E-state index in [0.717, 1.165) is 0 Å². The highest BCUT2D eigenvalue weighted by Crippen LogP contribution is 2.33. The Labute approximate surface area is 102 Å². The van der Waals surface area contributed by atoms with E-state index >= 15 is 0 Å². The van der Waals surface area contributed by atoms with Gasteiger partial charge < -0.3 is 14.7 Å². The lowest BCUT2D eigenvalue weighted by molar-refractivity contribution is -0.117. The molecule has 0 bridgehead atoms. The maximum absolute atomic E-state index is 11.6. The maximum Gasteiger partial charge on any atom is 0.228 e. The standard InChI is InChI=1S/C11H12BrNO3/c1-16-10-3-2-8(5-9(10)14)13-6-7(12)4-11(13)15/h2-3,5,7,14H,4,6H2,1H3. The molecule has 1 fully saturated rings. The van der Waals surface area contributed by atoms with Gasteiger partial charge in [-0.15, -0.1) is 0 Å². The summed E-state index contributed by atoms with van der Waals surface area (Å²) in [6.45, 7) is 0.630. The minimum absolute atomic E-state index is 0.0471. The van der Waals surface area contributed by atoms with Crippen LogP contribution in [0.15, 0.2) is 18.2 Å². The van der Waals surface area contributed by atoms with Crippen molar-refractivity contribution in [1.29, 1.82) is 0 Å². The molecule has 5 heteroatoms. The number of nitrogens with zero attached hydrogens (tertiary/aromatic N) is 1. The Bertz CT molecular complexity index is 422. The molecular weight excluding hydrogens is 274 g/mol. The average molecular weight is 286 g/mol. The molecule has 1 aromatic carbocycles. The van der Waals surface area contributed by atoms with Crippen molar-refractivity contribution in [3.63, 3.8) is 0 Å². The molecule has 0 saturated carbocycles. The molecule has 16 heavy (non-hydrogen) atoms. The van der Waals surface area contributed by atoms with Crippen molar-refractivity contribution in [1.82, 2.24) is 0 Å². The third kappa shape index (κ3) is 2.00. The van der Waals surface area contributed by atoms with Gasteiger partial charge in [-0.3, -0.25) is 4.79 Å². The number of hydrogen-bond acceptors (Lipinski definition) is 3. The number of hydrogen-bond donors (Lipinski definition) is 1. The van der Waals surface area contributed by atoms with Crippen LogP contribution in [0, 0.1) is 0 Å². The highest BCUT2D eigenvalue weighted by atomic mass is 79.9. The zero-order valence-electron chi connectivity index (χ0n) is 8.81. The van der Waals surface area contributed by atoms with Crippen LogP contribution in [-0.2, 0) is 4.79 Å². The first-order valence-electron chi connectivity index (χ1n) is 4.93. The summed E-state index contributed by atoms with van der Waals surface area (Å²) in [5.74, 6) is 0.517. The van der Waals surface area contributed by atoms with Gasteiger partial charge in [-0.2, -0.15) is 0 Å². The van der Waals surface area contributed by atoms with Crippen molar-refractivity contribution in [3.05, 3.63) is 18.2 Å². The second kappa shape index (κ2) is 4.33. The zero-order valence-corrected chi connectivity index (χ0v) is 10.4. The molecule has 1 atom stereocenters. The molecule has 1 unspecified atom stereocenters. The first-order chi connectivity index (χ1) is 7.61. The third-order valence-electron chi connectivity index (χ3n) is 2.55. The topological polar surface area (TPSA) is 49.8 Å². The van der Waals surface area contributed by atoms with Crippen molar-refractivity contribution in [2.45, 2.75) is 11.2 Å². The SMILES string of the molecule is COc1ccc(N2CC(Br)CC2=O)cc1O. The van der Waals surface area contributed by atoms with E-state index in [4.69, 9.17) is 4.74 Å². The predicted octanol–water partition coefficient (Wildman–Crippen LogP) is 1.90. The normalized spacial score (nSPS) is 20.2. The number of halogens is 1. The molecule has 0 aromatic heterocycles. The number of carbonyl (C=O) groups is 1. The molecule has 1 aromatic rings. The molecule has 0 radical (unpaired) electrons. The number of anilines is 1. The second-order valence-corrected chi connectivity index (χ2v) is 4.96. The van der Waals surface area contributed by atoms with E-state index in [1.807, 2.05) is 0 Å². The first-order valence-corrected chi connectivity index (χ1v) is 5.85. The lowest BCUT2D eigenvalue weighted by Gasteiger charge is -2.16. The van der Waals surface area contributed by atoms with Gasteiger partial charge in [-0.1, -0.05) is 15.9 Å². The minimum Gasteiger partial charge on any atom is -0.504 e. The van der Waals surface area contributed by atoms with Gasteiger partial charge in [0.05, 0.1) is 7.11 Å². The Kier molecular flexibility index (Phi) is 3.05. The van der Waals surface area contributed by atoms with E-state index in [2.05, 4.69) is 15.9 Å². The van der Waals surface area contributed by atoms with Gasteiger partial charge in [-0.05, 0) is 12.1 Å². The second-order valence-electron chi connectivity index (χ2n) is 3.66. The van der Waals surface area contributed by atoms with Crippen LogP contribution in [0.4, 0.5) is 5.69 Å². The van der Waals surface area contributed by atoms with E-state index in [1.165, 1.54) is 7.11 Å². The smallest absolute Gasteiger partial charge is 0.228 e. The van der Waals surface area contributed by atoms with Gasteiger partial charge >= 0.3 is 0 Å². The molecule has 1 aliphatic heterocycles. The number of benzene rings is 1. The molecule has 0 aliphatic carbocycles. The fourth-order valence-corrected chi connectivity index (χ4v) is 2.33. The van der Waals surface area contributed by atoms with Gasteiger partial charge in [0, 0.05) is 29.5 Å². The summed E-state index contributed by atoms with van der Waals surface area (Å²) >= 11 is 3.41. The average Bonchev–Trinajstić information content (AvgIpc) is 2.58. The lowest BCUT2D eigenvalue weighted by Crippen LogP contribution is -2.24. The van der Waals surface area contributed by atoms with Gasteiger partial charge in [-0.25, -0.2) is 0 Å². The van der Waals surface area contributed by atoms with Gasteiger partial charge in [0.2, 0.25) is 5.91 Å². The largest absolute Gasteiger partial charge is 0.504 e. The molecule has 1 saturated heterocycles. The number of carbonyl (C=O) groups excluding carboxylic acids is 1. The van der Waals surface area contributed by atoms with E-state index in [9.17, 15) is 9.90 Å². The molecule has 1 amide bonds. The number of phenols is 1. The quantitative estimate of drug-likeness (QED) is 0.845. The minimum atomic E-state index is 0.0471. The maximum atomic E-state index is 11.6. The van der Waals surface area contributed by atoms with E-state index in [-0.39, 0.29) is 16.5 Å². The number of amides is 1. The van der Waals surface area contributed by atoms with E-state index in [1.54, 1.807) is 23.1 Å². The summed E-state index contributed by atoms with van der Waals surface area (Å²) in [4.78, 5) is 13.5. The summed E-state index contributed by atoms with van der Waals surface area (Å²) in [6, 6.07) is 4.96. The van der Waals surface area contributed by atoms with Crippen LogP contribution in [0.1, 0.15) is 6.42 Å². The van der Waals surface area contributed by atoms with Crippen LogP contribution in [0.2, 0.25) is 0 Å². The van der Waals surface area contributed by atoms with Gasteiger partial charge in [0.25, 0.3) is 0 Å². The highest BCUT2D eigenvalue weighted by Gasteiger charge is 2.29. The van der Waals surface area contributed by atoms with E-state index in [0.29, 0.717) is 24.4 Å². The third-order valence-corrected chi connectivity index (χ3v) is 3.17. The molecule has 1 aliphatic rings. The Morgan fingerprint density at radius 2 is 2.31 bits per heavy atom. The fraction of sp³-hybridized carbons (Fsp3) is 0.364. The molecule has 1 heterocycles. The Morgan fingerprint density at radius 1 is 1.56 bits per heavy atom. The molecule has 0 spiro atoms. The van der Waals surface area contributed by atoms with Crippen molar-refractivity contribution in [3.8, 4) is 11.5 Å². The van der Waals surface area contributed by atoms with Crippen molar-refractivity contribution in [2.75, 3.05) is 18.6 Å². The van der Waals surface area contributed by atoms with Crippen molar-refractivity contribution in [2.24, 2.45) is 0 Å². The summed E-state index contributed by atoms with van der Waals surface area (Å²) in [7, 11) is 1.49. The number of ether oxygens (including phenoxy) is 1. The van der Waals surface area contributed by atoms with Crippen molar-refractivity contribution < 1.29 is 14.6 Å². The number of aromatic hydroxyl groups is 1. The van der Waals surface area contributed by atoms with Gasteiger partial charge in [0.1, 0.15) is 0 Å². The molecule has 1 N–H and O–H groups in total. The lowest BCUT2D eigenvalue weighted by atomic mass is 10.2. The number of rotatable bonds is 2. The summed E-state index contributed by atoms with van der Waals surface area (Å²) in [5, 5.41) is 9.63. The number of methoxy groups -OCH3 is 1. The predicted molar refractivity (Wildman–Crippen MR) is 64.3 cm³/mol. The Morgan fingerprint density at radius 3 is 2.81 bits per heavy atom. The van der Waals surface area contributed by atoms with Crippen LogP contribution in [0.3, 0.4) is 0 Å².